The highest BCUT2D eigenvalue weighted by atomic mass is 16.2. The molecule has 1 saturated heterocycles. The third kappa shape index (κ3) is 2.24. The maximum atomic E-state index is 13.0. The van der Waals surface area contributed by atoms with Gasteiger partial charge in [-0.3, -0.25) is 9.80 Å². The van der Waals surface area contributed by atoms with Gasteiger partial charge in [0, 0.05) is 6.54 Å². The molecular formula is C22H30N2O. The number of carbonyl (C=O) groups excluding carboxylic acids is 1. The summed E-state index contributed by atoms with van der Waals surface area (Å²) in [6.45, 7) is 7.17. The normalized spacial score (nSPS) is 38.9. The van der Waals surface area contributed by atoms with Crippen LogP contribution in [0, 0.1) is 30.6 Å². The van der Waals surface area contributed by atoms with Crippen LogP contribution in [0.2, 0.25) is 0 Å². The Kier molecular flexibility index (Phi) is 3.38. The number of hydrazine groups is 1. The number of hydrogen-bond acceptors (Lipinski definition) is 2. The van der Waals surface area contributed by atoms with Crippen molar-refractivity contribution in [2.75, 3.05) is 0 Å². The Hall–Kier alpha value is -1.35. The van der Waals surface area contributed by atoms with Crippen molar-refractivity contribution in [1.29, 1.82) is 0 Å². The second-order valence-electron chi connectivity index (χ2n) is 9.55. The largest absolute Gasteiger partial charge is 0.271 e. The molecule has 5 atom stereocenters. The van der Waals surface area contributed by atoms with Crippen molar-refractivity contribution >= 4 is 5.91 Å². The van der Waals surface area contributed by atoms with Gasteiger partial charge in [-0.15, -0.1) is 0 Å². The molecule has 4 fully saturated rings. The summed E-state index contributed by atoms with van der Waals surface area (Å²) in [6.07, 6.45) is 6.77. The average molecular weight is 338 g/mol. The Balaban J connectivity index is 1.40. The zero-order chi connectivity index (χ0) is 17.3. The fraction of sp³-hybridized carbons (Fsp3) is 0.682. The van der Waals surface area contributed by atoms with Crippen molar-refractivity contribution < 1.29 is 4.79 Å². The minimum absolute atomic E-state index is 0.337. The van der Waals surface area contributed by atoms with E-state index in [9.17, 15) is 4.79 Å². The maximum absolute atomic E-state index is 13.0. The van der Waals surface area contributed by atoms with Crippen LogP contribution in [0.3, 0.4) is 0 Å². The zero-order valence-corrected chi connectivity index (χ0v) is 15.7. The molecule has 134 valence electrons. The molecule has 3 heteroatoms. The molecule has 1 aromatic rings. The first-order valence-corrected chi connectivity index (χ1v) is 10.1. The molecule has 0 N–H and O–H groups in total. The van der Waals surface area contributed by atoms with Gasteiger partial charge >= 0.3 is 0 Å². The van der Waals surface area contributed by atoms with E-state index in [1.165, 1.54) is 43.2 Å². The maximum Gasteiger partial charge on any atom is 0.258 e. The number of rotatable bonds is 3. The van der Waals surface area contributed by atoms with Gasteiger partial charge in [0.2, 0.25) is 0 Å². The Bertz CT molecular complexity index is 712. The predicted molar refractivity (Wildman–Crippen MR) is 98.5 cm³/mol. The topological polar surface area (TPSA) is 23.6 Å². The van der Waals surface area contributed by atoms with Crippen LogP contribution in [0.15, 0.2) is 24.3 Å². The van der Waals surface area contributed by atoms with Gasteiger partial charge in [0.25, 0.3) is 5.91 Å². The molecule has 4 aliphatic rings. The van der Waals surface area contributed by atoms with Crippen LogP contribution in [0.5, 0.6) is 0 Å². The van der Waals surface area contributed by atoms with Gasteiger partial charge < -0.3 is 0 Å². The zero-order valence-electron chi connectivity index (χ0n) is 15.7. The lowest BCUT2D eigenvalue weighted by atomic mass is 9.64. The number of aryl methyl sites for hydroxylation is 1. The van der Waals surface area contributed by atoms with Gasteiger partial charge in [0.05, 0.1) is 6.04 Å². The summed E-state index contributed by atoms with van der Waals surface area (Å²) >= 11 is 0. The number of nitrogens with zero attached hydrogens (tertiary/aromatic N) is 2. The molecule has 5 rings (SSSR count). The first-order chi connectivity index (χ1) is 11.9. The van der Waals surface area contributed by atoms with E-state index in [4.69, 9.17) is 0 Å². The van der Waals surface area contributed by atoms with Crippen LogP contribution in [0.25, 0.3) is 0 Å². The van der Waals surface area contributed by atoms with Crippen molar-refractivity contribution in [3.05, 3.63) is 35.4 Å². The van der Waals surface area contributed by atoms with Crippen molar-refractivity contribution in [3.8, 4) is 0 Å². The van der Waals surface area contributed by atoms with E-state index in [-0.39, 0.29) is 5.54 Å². The Morgan fingerprint density at radius 3 is 2.68 bits per heavy atom. The smallest absolute Gasteiger partial charge is 0.258 e. The number of amides is 1. The molecule has 0 radical (unpaired) electrons. The lowest BCUT2D eigenvalue weighted by Crippen LogP contribution is -2.77. The molecule has 3 aliphatic carbocycles. The van der Waals surface area contributed by atoms with Crippen molar-refractivity contribution in [1.82, 2.24) is 10.0 Å². The van der Waals surface area contributed by atoms with E-state index >= 15 is 0 Å². The number of benzene rings is 1. The summed E-state index contributed by atoms with van der Waals surface area (Å²) in [5.74, 6) is 4.01. The van der Waals surface area contributed by atoms with Crippen LogP contribution in [0.1, 0.15) is 57.1 Å². The summed E-state index contributed by atoms with van der Waals surface area (Å²) in [5.41, 5.74) is 2.24. The van der Waals surface area contributed by atoms with Crippen molar-refractivity contribution in [2.45, 2.75) is 71.0 Å². The SMILES string of the molecule is Cc1cccc(CN2N(C3CCC4CC5CC3CC45)C(=O)C2(C)C)c1. The van der Waals surface area contributed by atoms with Gasteiger partial charge in [-0.25, -0.2) is 0 Å². The van der Waals surface area contributed by atoms with E-state index in [1.807, 2.05) is 0 Å². The highest BCUT2D eigenvalue weighted by Crippen LogP contribution is 2.59. The van der Waals surface area contributed by atoms with Gasteiger partial charge in [0.15, 0.2) is 0 Å². The number of fused-ring (bicyclic) bond motifs is 1. The molecule has 1 heterocycles. The summed E-state index contributed by atoms with van der Waals surface area (Å²) in [6, 6.07) is 9.17. The highest BCUT2D eigenvalue weighted by Gasteiger charge is 2.59. The number of carbonyl (C=O) groups is 1. The molecule has 5 unspecified atom stereocenters. The molecule has 3 saturated carbocycles. The molecule has 2 bridgehead atoms. The summed E-state index contributed by atoms with van der Waals surface area (Å²) in [5, 5.41) is 4.54. The van der Waals surface area contributed by atoms with E-state index in [2.05, 4.69) is 55.1 Å². The van der Waals surface area contributed by atoms with E-state index in [0.717, 1.165) is 30.2 Å². The van der Waals surface area contributed by atoms with E-state index in [0.29, 0.717) is 11.9 Å². The third-order valence-electron chi connectivity index (χ3n) is 7.74. The monoisotopic (exact) mass is 338 g/mol. The fourth-order valence-electron chi connectivity index (χ4n) is 6.32. The minimum atomic E-state index is -0.364. The Labute approximate surface area is 151 Å². The lowest BCUT2D eigenvalue weighted by molar-refractivity contribution is -0.234. The van der Waals surface area contributed by atoms with Crippen LogP contribution in [0.4, 0.5) is 0 Å². The van der Waals surface area contributed by atoms with E-state index < -0.39 is 0 Å². The molecule has 3 nitrogen and oxygen atoms in total. The molecule has 25 heavy (non-hydrogen) atoms. The molecule has 1 amide bonds. The van der Waals surface area contributed by atoms with Gasteiger partial charge in [-0.2, -0.15) is 5.01 Å². The number of hydrogen-bond donors (Lipinski definition) is 0. The Morgan fingerprint density at radius 2 is 1.88 bits per heavy atom. The molecule has 1 aliphatic heterocycles. The van der Waals surface area contributed by atoms with Crippen LogP contribution in [-0.4, -0.2) is 27.5 Å². The summed E-state index contributed by atoms with van der Waals surface area (Å²) in [7, 11) is 0. The minimum Gasteiger partial charge on any atom is -0.271 e. The van der Waals surface area contributed by atoms with Crippen LogP contribution < -0.4 is 0 Å². The standard InChI is InChI=1S/C22H30N2O/c1-14-5-4-6-15(9-14)13-23-22(2,3)21(25)24(23)20-8-7-16-10-17-11-18(20)12-19(16)17/h4-6,9,16-20H,7-8,10-13H2,1-3H3. The van der Waals surface area contributed by atoms with Gasteiger partial charge in [-0.05, 0) is 82.1 Å². The summed E-state index contributed by atoms with van der Waals surface area (Å²) < 4.78 is 0. The fourth-order valence-corrected chi connectivity index (χ4v) is 6.32. The van der Waals surface area contributed by atoms with Crippen LogP contribution >= 0.6 is 0 Å². The Morgan fingerprint density at radius 1 is 1.08 bits per heavy atom. The second-order valence-corrected chi connectivity index (χ2v) is 9.55. The van der Waals surface area contributed by atoms with Gasteiger partial charge in [-0.1, -0.05) is 29.8 Å². The van der Waals surface area contributed by atoms with Crippen molar-refractivity contribution in [2.24, 2.45) is 23.7 Å². The second kappa shape index (κ2) is 5.33. The molecule has 0 spiro atoms. The van der Waals surface area contributed by atoms with E-state index in [1.54, 1.807) is 0 Å². The molecule has 1 aromatic carbocycles. The third-order valence-corrected chi connectivity index (χ3v) is 7.74. The summed E-state index contributed by atoms with van der Waals surface area (Å²) in [4.78, 5) is 13.0. The van der Waals surface area contributed by atoms with Crippen LogP contribution in [-0.2, 0) is 11.3 Å². The highest BCUT2D eigenvalue weighted by molar-refractivity contribution is 5.90. The lowest BCUT2D eigenvalue weighted by Gasteiger charge is -2.59. The van der Waals surface area contributed by atoms with Crippen molar-refractivity contribution in [3.63, 3.8) is 0 Å². The average Bonchev–Trinajstić information content (AvgIpc) is 2.80. The predicted octanol–water partition coefficient (Wildman–Crippen LogP) is 4.16. The first kappa shape index (κ1) is 15.9. The quantitative estimate of drug-likeness (QED) is 0.826. The van der Waals surface area contributed by atoms with Gasteiger partial charge in [0.1, 0.15) is 5.54 Å². The molecule has 0 aromatic heterocycles. The molecular weight excluding hydrogens is 308 g/mol. The first-order valence-electron chi connectivity index (χ1n) is 10.1.